The molecule has 0 saturated heterocycles. The van der Waals surface area contributed by atoms with Gasteiger partial charge in [0.25, 0.3) is 0 Å². The van der Waals surface area contributed by atoms with Crippen molar-refractivity contribution in [3.8, 4) is 11.3 Å². The smallest absolute Gasteiger partial charge is 0.139 e. The van der Waals surface area contributed by atoms with Crippen LogP contribution in [-0.4, -0.2) is 12.8 Å². The van der Waals surface area contributed by atoms with Gasteiger partial charge in [-0.3, -0.25) is 0 Å². The highest BCUT2D eigenvalue weighted by molar-refractivity contribution is 7.25. The minimum atomic E-state index is 1.07. The van der Waals surface area contributed by atoms with Crippen molar-refractivity contribution in [3.05, 3.63) is 72.8 Å². The Kier molecular flexibility index (Phi) is 2.97. The molecule has 0 bridgehead atoms. The molecule has 1 nitrogen and oxygen atoms in total. The molecule has 3 aromatic carbocycles. The molecule has 5 rings (SSSR count). The minimum absolute atomic E-state index is 1.07. The lowest BCUT2D eigenvalue weighted by atomic mass is 9.93. The molecular weight excluding hydrogens is 309 g/mol. The molecule has 0 saturated carbocycles. The second kappa shape index (κ2) is 5.18. The number of pyridine rings is 1. The van der Waals surface area contributed by atoms with E-state index < -0.39 is 0 Å². The number of nitrogens with zero attached hydrogens (tertiary/aromatic N) is 1. The first-order valence-electron chi connectivity index (χ1n) is 8.08. The van der Waals surface area contributed by atoms with E-state index in [-0.39, 0.29) is 0 Å². The van der Waals surface area contributed by atoms with E-state index in [1.165, 1.54) is 37.3 Å². The Hall–Kier alpha value is -2.65. The highest BCUT2D eigenvalue weighted by Crippen LogP contribution is 2.40. The number of benzene rings is 3. The number of fused-ring (bicyclic) bond motifs is 5. The first-order valence-corrected chi connectivity index (χ1v) is 8.90. The molecule has 24 heavy (non-hydrogen) atoms. The van der Waals surface area contributed by atoms with Gasteiger partial charge in [0.1, 0.15) is 12.7 Å². The SMILES string of the molecule is Bc1ccc(-c2nc3sc4ccccc4c3c3ccccc23)cc1. The van der Waals surface area contributed by atoms with Gasteiger partial charge in [-0.2, -0.15) is 0 Å². The van der Waals surface area contributed by atoms with Crippen molar-refractivity contribution in [2.45, 2.75) is 0 Å². The van der Waals surface area contributed by atoms with Gasteiger partial charge in [-0.05, 0) is 11.5 Å². The predicted molar refractivity (Wildman–Crippen MR) is 108 cm³/mol. The summed E-state index contributed by atoms with van der Waals surface area (Å²) in [5.41, 5.74) is 3.52. The van der Waals surface area contributed by atoms with Crippen LogP contribution in [0, 0.1) is 0 Å². The second-order valence-electron chi connectivity index (χ2n) is 6.15. The van der Waals surface area contributed by atoms with E-state index in [0.29, 0.717) is 0 Å². The van der Waals surface area contributed by atoms with E-state index in [9.17, 15) is 0 Å². The van der Waals surface area contributed by atoms with Crippen LogP contribution in [0.1, 0.15) is 0 Å². The zero-order valence-corrected chi connectivity index (χ0v) is 14.1. The molecule has 112 valence electrons. The normalized spacial score (nSPS) is 11.5. The van der Waals surface area contributed by atoms with E-state index in [1.54, 1.807) is 11.3 Å². The Bertz CT molecular complexity index is 1210. The summed E-state index contributed by atoms with van der Waals surface area (Å²) in [6, 6.07) is 25.9. The van der Waals surface area contributed by atoms with Crippen LogP contribution in [0.2, 0.25) is 0 Å². The summed E-state index contributed by atoms with van der Waals surface area (Å²) in [4.78, 5) is 6.18. The zero-order valence-electron chi connectivity index (χ0n) is 13.3. The third-order valence-corrected chi connectivity index (χ3v) is 5.63. The first-order chi connectivity index (χ1) is 11.8. The average Bonchev–Trinajstić information content (AvgIpc) is 3.00. The van der Waals surface area contributed by atoms with Crippen LogP contribution in [0.3, 0.4) is 0 Å². The first kappa shape index (κ1) is 13.8. The van der Waals surface area contributed by atoms with E-state index in [4.69, 9.17) is 4.98 Å². The summed E-state index contributed by atoms with van der Waals surface area (Å²) >= 11 is 1.78. The molecule has 5 aromatic rings. The van der Waals surface area contributed by atoms with Crippen molar-refractivity contribution in [2.75, 3.05) is 0 Å². The van der Waals surface area contributed by atoms with Gasteiger partial charge in [-0.15, -0.1) is 11.3 Å². The molecule has 2 aromatic heterocycles. The third-order valence-electron chi connectivity index (χ3n) is 4.57. The average molecular weight is 323 g/mol. The quantitative estimate of drug-likeness (QED) is 0.413. The molecule has 0 aliphatic heterocycles. The Morgan fingerprint density at radius 2 is 1.38 bits per heavy atom. The lowest BCUT2D eigenvalue weighted by molar-refractivity contribution is 1.46. The van der Waals surface area contributed by atoms with Crippen LogP contribution in [-0.2, 0) is 0 Å². The maximum atomic E-state index is 5.06. The maximum Gasteiger partial charge on any atom is 0.139 e. The zero-order chi connectivity index (χ0) is 16.1. The number of hydrogen-bond donors (Lipinski definition) is 0. The standard InChI is InChI=1S/C21H14BNS/c22-14-11-9-13(10-12-14)20-16-6-2-1-5-15(16)19-17-7-3-4-8-18(17)24-21(19)23-20/h1-12H,22H2. The van der Waals surface area contributed by atoms with Gasteiger partial charge < -0.3 is 0 Å². The molecule has 0 atom stereocenters. The molecule has 0 aliphatic carbocycles. The van der Waals surface area contributed by atoms with E-state index in [2.05, 4.69) is 80.6 Å². The maximum absolute atomic E-state index is 5.06. The van der Waals surface area contributed by atoms with Crippen LogP contribution in [0.15, 0.2) is 72.8 Å². The molecule has 3 heteroatoms. The fourth-order valence-corrected chi connectivity index (χ4v) is 4.47. The fourth-order valence-electron chi connectivity index (χ4n) is 3.37. The summed E-state index contributed by atoms with van der Waals surface area (Å²) in [6.45, 7) is 0. The topological polar surface area (TPSA) is 12.9 Å². The van der Waals surface area contributed by atoms with Gasteiger partial charge in [0.05, 0.1) is 5.69 Å². The van der Waals surface area contributed by atoms with Gasteiger partial charge in [0.2, 0.25) is 0 Å². The summed E-state index contributed by atoms with van der Waals surface area (Å²) in [5.74, 6) is 0. The summed E-state index contributed by atoms with van der Waals surface area (Å²) < 4.78 is 1.30. The van der Waals surface area contributed by atoms with E-state index >= 15 is 0 Å². The monoisotopic (exact) mass is 323 g/mol. The van der Waals surface area contributed by atoms with Crippen LogP contribution in [0.25, 0.3) is 42.3 Å². The molecule has 0 radical (unpaired) electrons. The van der Waals surface area contributed by atoms with Crippen LogP contribution >= 0.6 is 11.3 Å². The van der Waals surface area contributed by atoms with Crippen LogP contribution in [0.4, 0.5) is 0 Å². The molecule has 2 heterocycles. The van der Waals surface area contributed by atoms with Crippen molar-refractivity contribution < 1.29 is 0 Å². The highest BCUT2D eigenvalue weighted by atomic mass is 32.1. The number of rotatable bonds is 1. The number of thiophene rings is 1. The van der Waals surface area contributed by atoms with Gasteiger partial charge in [0.15, 0.2) is 0 Å². The van der Waals surface area contributed by atoms with Crippen molar-refractivity contribution in [3.63, 3.8) is 0 Å². The summed E-state index contributed by atoms with van der Waals surface area (Å²) in [7, 11) is 2.12. The summed E-state index contributed by atoms with van der Waals surface area (Å²) in [6.07, 6.45) is 0. The lowest BCUT2D eigenvalue weighted by Gasteiger charge is -2.08. The lowest BCUT2D eigenvalue weighted by Crippen LogP contribution is -1.99. The second-order valence-corrected chi connectivity index (χ2v) is 7.18. The van der Waals surface area contributed by atoms with Gasteiger partial charge in [-0.25, -0.2) is 4.98 Å². The van der Waals surface area contributed by atoms with Crippen molar-refractivity contribution in [1.82, 2.24) is 4.98 Å². The van der Waals surface area contributed by atoms with Crippen molar-refractivity contribution >= 4 is 55.7 Å². The van der Waals surface area contributed by atoms with E-state index in [0.717, 1.165) is 10.5 Å². The molecule has 0 N–H and O–H groups in total. The molecular formula is C21H14BNS. The van der Waals surface area contributed by atoms with E-state index in [1.807, 2.05) is 0 Å². The predicted octanol–water partition coefficient (Wildman–Crippen LogP) is 4.53. The number of aromatic nitrogens is 1. The van der Waals surface area contributed by atoms with Crippen molar-refractivity contribution in [1.29, 1.82) is 0 Å². The third kappa shape index (κ3) is 1.98. The molecule has 0 unspecified atom stereocenters. The number of hydrogen-bond acceptors (Lipinski definition) is 2. The Labute approximate surface area is 145 Å². The van der Waals surface area contributed by atoms with Crippen LogP contribution < -0.4 is 5.46 Å². The minimum Gasteiger partial charge on any atom is -0.236 e. The Morgan fingerprint density at radius 3 is 2.17 bits per heavy atom. The Balaban J connectivity index is 1.97. The largest absolute Gasteiger partial charge is 0.236 e. The highest BCUT2D eigenvalue weighted by Gasteiger charge is 2.14. The fraction of sp³-hybridized carbons (Fsp3) is 0. The van der Waals surface area contributed by atoms with Gasteiger partial charge in [0, 0.05) is 26.4 Å². The molecule has 0 spiro atoms. The Morgan fingerprint density at radius 1 is 0.708 bits per heavy atom. The molecule has 0 amide bonds. The van der Waals surface area contributed by atoms with Crippen LogP contribution in [0.5, 0.6) is 0 Å². The summed E-state index contributed by atoms with van der Waals surface area (Å²) in [5, 5.41) is 5.09. The van der Waals surface area contributed by atoms with Gasteiger partial charge >= 0.3 is 0 Å². The molecule has 0 aliphatic rings. The van der Waals surface area contributed by atoms with Crippen molar-refractivity contribution in [2.24, 2.45) is 0 Å². The van der Waals surface area contributed by atoms with Gasteiger partial charge in [-0.1, -0.05) is 72.2 Å². The molecule has 0 fully saturated rings.